The van der Waals surface area contributed by atoms with Crippen molar-refractivity contribution in [2.75, 3.05) is 0 Å². The first-order chi connectivity index (χ1) is 8.25. The normalized spacial score (nSPS) is 20.2. The Hall–Kier alpha value is -1.13. The van der Waals surface area contributed by atoms with Crippen molar-refractivity contribution >= 4 is 15.9 Å². The molecule has 0 saturated carbocycles. The highest BCUT2D eigenvalue weighted by atomic mass is 79.9. The van der Waals surface area contributed by atoms with Gasteiger partial charge in [-0.15, -0.1) is 0 Å². The fourth-order valence-corrected chi connectivity index (χ4v) is 2.82. The minimum absolute atomic E-state index is 0.113. The van der Waals surface area contributed by atoms with Gasteiger partial charge in [0.25, 0.3) is 0 Å². The molecule has 0 fully saturated rings. The fourth-order valence-electron chi connectivity index (χ4n) is 2.50. The first-order valence-corrected chi connectivity index (χ1v) is 6.49. The summed E-state index contributed by atoms with van der Waals surface area (Å²) >= 11 is 3.30. The van der Waals surface area contributed by atoms with Crippen LogP contribution in [0.15, 0.2) is 39.5 Å². The number of aromatic nitrogens is 1. The Kier molecular flexibility index (Phi) is 2.76. The molecule has 2 aromatic heterocycles. The predicted molar refractivity (Wildman–Crippen MR) is 68.6 cm³/mol. The van der Waals surface area contributed by atoms with Crippen molar-refractivity contribution in [3.8, 4) is 0 Å². The predicted octanol–water partition coefficient (Wildman–Crippen LogP) is 3.17. The van der Waals surface area contributed by atoms with Crippen LogP contribution >= 0.6 is 15.9 Å². The van der Waals surface area contributed by atoms with E-state index in [1.54, 1.807) is 0 Å². The minimum Gasteiger partial charge on any atom is -0.453 e. The molecule has 3 nitrogen and oxygen atoms in total. The minimum atomic E-state index is -0.113. The van der Waals surface area contributed by atoms with Crippen molar-refractivity contribution in [1.82, 2.24) is 4.98 Å². The van der Waals surface area contributed by atoms with Gasteiger partial charge >= 0.3 is 0 Å². The number of furan rings is 1. The molecule has 2 aromatic rings. The molecule has 2 N–H and O–H groups in total. The van der Waals surface area contributed by atoms with E-state index in [-0.39, 0.29) is 12.0 Å². The first-order valence-electron chi connectivity index (χ1n) is 5.70. The van der Waals surface area contributed by atoms with Gasteiger partial charge in [-0.3, -0.25) is 4.98 Å². The Labute approximate surface area is 108 Å². The largest absolute Gasteiger partial charge is 0.453 e. The zero-order valence-corrected chi connectivity index (χ0v) is 10.9. The molecule has 0 amide bonds. The van der Waals surface area contributed by atoms with Gasteiger partial charge in [0, 0.05) is 17.8 Å². The van der Waals surface area contributed by atoms with Crippen LogP contribution in [0.2, 0.25) is 0 Å². The van der Waals surface area contributed by atoms with E-state index < -0.39 is 0 Å². The topological polar surface area (TPSA) is 52.0 Å². The molecule has 4 heteroatoms. The summed E-state index contributed by atoms with van der Waals surface area (Å²) in [5.74, 6) is 1.09. The highest BCUT2D eigenvalue weighted by Gasteiger charge is 2.31. The van der Waals surface area contributed by atoms with E-state index in [1.165, 1.54) is 5.56 Å². The van der Waals surface area contributed by atoms with Crippen LogP contribution in [0.3, 0.4) is 0 Å². The van der Waals surface area contributed by atoms with E-state index in [0.717, 1.165) is 29.0 Å². The summed E-state index contributed by atoms with van der Waals surface area (Å²) in [7, 11) is 0. The van der Waals surface area contributed by atoms with Crippen molar-refractivity contribution < 1.29 is 4.42 Å². The Morgan fingerprint density at radius 1 is 1.41 bits per heavy atom. The maximum atomic E-state index is 6.27. The van der Waals surface area contributed by atoms with E-state index in [9.17, 15) is 0 Å². The first kappa shape index (κ1) is 11.0. The average Bonchev–Trinajstić information content (AvgIpc) is 2.94. The van der Waals surface area contributed by atoms with Crippen LogP contribution < -0.4 is 5.73 Å². The molecule has 88 valence electrons. The van der Waals surface area contributed by atoms with Crippen LogP contribution in [0.1, 0.15) is 35.4 Å². The smallest absolute Gasteiger partial charge is 0.169 e. The highest BCUT2D eigenvalue weighted by Crippen LogP contribution is 2.39. The van der Waals surface area contributed by atoms with Gasteiger partial charge in [0.05, 0.1) is 6.04 Å². The number of nitrogens with two attached hydrogens (primary N) is 1. The summed E-state index contributed by atoms with van der Waals surface area (Å²) in [4.78, 5) is 4.46. The van der Waals surface area contributed by atoms with Crippen molar-refractivity contribution in [3.63, 3.8) is 0 Å². The van der Waals surface area contributed by atoms with Crippen molar-refractivity contribution in [1.29, 1.82) is 0 Å². The summed E-state index contributed by atoms with van der Waals surface area (Å²) < 4.78 is 6.26. The number of hydrogen-bond acceptors (Lipinski definition) is 3. The van der Waals surface area contributed by atoms with E-state index in [0.29, 0.717) is 0 Å². The Morgan fingerprint density at radius 3 is 3.06 bits per heavy atom. The number of halogens is 1. The molecule has 17 heavy (non-hydrogen) atoms. The molecule has 2 atom stereocenters. The molecule has 0 aliphatic heterocycles. The maximum absolute atomic E-state index is 6.27. The summed E-state index contributed by atoms with van der Waals surface area (Å²) in [6, 6.07) is 7.81. The van der Waals surface area contributed by atoms with E-state index in [4.69, 9.17) is 10.2 Å². The number of fused-ring (bicyclic) bond motifs is 1. The quantitative estimate of drug-likeness (QED) is 0.925. The van der Waals surface area contributed by atoms with Gasteiger partial charge in [-0.2, -0.15) is 0 Å². The molecule has 0 spiro atoms. The summed E-state index contributed by atoms with van der Waals surface area (Å²) in [5.41, 5.74) is 8.72. The molecule has 1 aliphatic carbocycles. The number of hydrogen-bond donors (Lipinski definition) is 1. The second kappa shape index (κ2) is 4.27. The molecule has 2 unspecified atom stereocenters. The van der Waals surface area contributed by atoms with Gasteiger partial charge in [0.1, 0.15) is 5.76 Å². The van der Waals surface area contributed by atoms with Gasteiger partial charge < -0.3 is 10.2 Å². The van der Waals surface area contributed by atoms with Gasteiger partial charge in [-0.1, -0.05) is 6.07 Å². The number of rotatable bonds is 2. The van der Waals surface area contributed by atoms with Crippen LogP contribution in [0.25, 0.3) is 0 Å². The Morgan fingerprint density at radius 2 is 2.29 bits per heavy atom. The lowest BCUT2D eigenvalue weighted by molar-refractivity contribution is 0.408. The molecule has 2 heterocycles. The lowest BCUT2D eigenvalue weighted by atomic mass is 9.96. The average molecular weight is 293 g/mol. The van der Waals surface area contributed by atoms with E-state index >= 15 is 0 Å². The SMILES string of the molecule is NC(c1ccc(Br)o1)C1CCc2cccnc21. The van der Waals surface area contributed by atoms with Crippen LogP contribution in [0, 0.1) is 0 Å². The summed E-state index contributed by atoms with van der Waals surface area (Å²) in [6.07, 6.45) is 3.94. The van der Waals surface area contributed by atoms with Gasteiger partial charge in [-0.25, -0.2) is 0 Å². The third-order valence-corrected chi connectivity index (χ3v) is 3.78. The molecule has 1 aliphatic rings. The summed E-state index contributed by atoms with van der Waals surface area (Å²) in [5, 5.41) is 0. The van der Waals surface area contributed by atoms with Crippen LogP contribution in [0.5, 0.6) is 0 Å². The Balaban J connectivity index is 1.92. The zero-order chi connectivity index (χ0) is 11.8. The third-order valence-electron chi connectivity index (χ3n) is 3.36. The second-order valence-corrected chi connectivity index (χ2v) is 5.14. The van der Waals surface area contributed by atoms with E-state index in [2.05, 4.69) is 27.0 Å². The lowest BCUT2D eigenvalue weighted by Gasteiger charge is -2.17. The fraction of sp³-hybridized carbons (Fsp3) is 0.308. The van der Waals surface area contributed by atoms with Crippen molar-refractivity contribution in [3.05, 3.63) is 52.1 Å². The highest BCUT2D eigenvalue weighted by molar-refractivity contribution is 9.10. The standard InChI is InChI=1S/C13H13BrN2O/c14-11-6-5-10(17-11)12(15)9-4-3-8-2-1-7-16-13(8)9/h1-2,5-7,9,12H,3-4,15H2. The molecular weight excluding hydrogens is 280 g/mol. The Bertz CT molecular complexity index is 538. The molecule has 3 rings (SSSR count). The molecular formula is C13H13BrN2O. The molecule has 0 bridgehead atoms. The number of pyridine rings is 1. The van der Waals surface area contributed by atoms with Crippen LogP contribution in [0.4, 0.5) is 0 Å². The van der Waals surface area contributed by atoms with Crippen molar-refractivity contribution in [2.24, 2.45) is 5.73 Å². The summed E-state index contributed by atoms with van der Waals surface area (Å²) in [6.45, 7) is 0. The maximum Gasteiger partial charge on any atom is 0.169 e. The second-order valence-electron chi connectivity index (χ2n) is 4.36. The number of aryl methyl sites for hydroxylation is 1. The van der Waals surface area contributed by atoms with Gasteiger partial charge in [0.2, 0.25) is 0 Å². The van der Waals surface area contributed by atoms with Crippen LogP contribution in [-0.4, -0.2) is 4.98 Å². The molecule has 0 radical (unpaired) electrons. The van der Waals surface area contributed by atoms with Crippen molar-refractivity contribution in [2.45, 2.75) is 24.8 Å². The molecule has 0 saturated heterocycles. The van der Waals surface area contributed by atoms with Gasteiger partial charge in [0.15, 0.2) is 4.67 Å². The third kappa shape index (κ3) is 1.91. The number of nitrogens with zero attached hydrogens (tertiary/aromatic N) is 1. The lowest BCUT2D eigenvalue weighted by Crippen LogP contribution is -2.18. The zero-order valence-electron chi connectivity index (χ0n) is 9.27. The van der Waals surface area contributed by atoms with Gasteiger partial charge in [-0.05, 0) is 52.5 Å². The molecule has 0 aromatic carbocycles. The van der Waals surface area contributed by atoms with Crippen LogP contribution in [-0.2, 0) is 6.42 Å². The van der Waals surface area contributed by atoms with E-state index in [1.807, 2.05) is 24.4 Å². The monoisotopic (exact) mass is 292 g/mol.